The minimum Gasteiger partial charge on any atom is -0.360 e. The molecule has 0 radical (unpaired) electrons. The molecule has 0 saturated carbocycles. The highest BCUT2D eigenvalue weighted by Crippen LogP contribution is 2.45. The third-order valence-electron chi connectivity index (χ3n) is 5.73. The fourth-order valence-corrected chi connectivity index (χ4v) is 6.27. The third-order valence-corrected chi connectivity index (χ3v) is 7.82. The molecule has 4 rings (SSSR count). The Hall–Kier alpha value is -2.00. The minimum atomic E-state index is -3.65. The van der Waals surface area contributed by atoms with Crippen LogP contribution in [0.4, 0.5) is 5.95 Å². The van der Waals surface area contributed by atoms with Crippen molar-refractivity contribution in [1.82, 2.24) is 19.4 Å². The summed E-state index contributed by atoms with van der Waals surface area (Å²) < 4.78 is 33.3. The predicted molar refractivity (Wildman–Crippen MR) is 100 cm³/mol. The van der Waals surface area contributed by atoms with E-state index in [2.05, 4.69) is 10.1 Å². The van der Waals surface area contributed by atoms with Gasteiger partial charge in [0.2, 0.25) is 16.0 Å². The van der Waals surface area contributed by atoms with Crippen molar-refractivity contribution in [2.75, 3.05) is 32.1 Å². The van der Waals surface area contributed by atoms with Crippen molar-refractivity contribution >= 4 is 16.0 Å². The van der Waals surface area contributed by atoms with Crippen molar-refractivity contribution in [2.45, 2.75) is 49.8 Å². The monoisotopic (exact) mass is 391 g/mol. The summed E-state index contributed by atoms with van der Waals surface area (Å²) in [6, 6.07) is 0. The van der Waals surface area contributed by atoms with Crippen molar-refractivity contribution < 1.29 is 12.9 Å². The van der Waals surface area contributed by atoms with Crippen molar-refractivity contribution in [3.63, 3.8) is 0 Å². The lowest BCUT2D eigenvalue weighted by molar-refractivity contribution is 0.219. The van der Waals surface area contributed by atoms with E-state index in [1.165, 1.54) is 0 Å². The SMILES string of the molecule is Cc1noc(C)c1S(=O)(=O)N1CCCC2(CCc3cnc(N(C)C)nc32)C1. The van der Waals surface area contributed by atoms with Gasteiger partial charge in [0.05, 0.1) is 5.69 Å². The minimum absolute atomic E-state index is 0.203. The molecule has 8 nitrogen and oxygen atoms in total. The lowest BCUT2D eigenvalue weighted by atomic mass is 9.78. The molecule has 27 heavy (non-hydrogen) atoms. The van der Waals surface area contributed by atoms with Gasteiger partial charge in [-0.15, -0.1) is 0 Å². The molecule has 1 atom stereocenters. The molecule has 3 heterocycles. The van der Waals surface area contributed by atoms with Crippen LogP contribution in [0.2, 0.25) is 0 Å². The second kappa shape index (κ2) is 6.27. The summed E-state index contributed by atoms with van der Waals surface area (Å²) in [5.41, 5.74) is 2.32. The van der Waals surface area contributed by atoms with Gasteiger partial charge in [-0.05, 0) is 45.1 Å². The van der Waals surface area contributed by atoms with Gasteiger partial charge < -0.3 is 9.42 Å². The van der Waals surface area contributed by atoms with Crippen molar-refractivity contribution in [1.29, 1.82) is 0 Å². The Kier molecular flexibility index (Phi) is 4.27. The van der Waals surface area contributed by atoms with Crippen molar-refractivity contribution in [3.8, 4) is 0 Å². The van der Waals surface area contributed by atoms with Gasteiger partial charge in [0, 0.05) is 38.8 Å². The van der Waals surface area contributed by atoms with E-state index in [4.69, 9.17) is 9.51 Å². The number of hydrogen-bond acceptors (Lipinski definition) is 7. The van der Waals surface area contributed by atoms with Crippen molar-refractivity contribution in [3.05, 3.63) is 28.9 Å². The zero-order chi connectivity index (χ0) is 19.4. The maximum atomic E-state index is 13.3. The molecule has 0 aromatic carbocycles. The Bertz CT molecular complexity index is 961. The first-order valence-electron chi connectivity index (χ1n) is 9.21. The molecule has 146 valence electrons. The summed E-state index contributed by atoms with van der Waals surface area (Å²) in [5, 5.41) is 3.83. The smallest absolute Gasteiger partial charge is 0.248 e. The molecule has 0 bridgehead atoms. The first-order valence-corrected chi connectivity index (χ1v) is 10.7. The zero-order valence-electron chi connectivity index (χ0n) is 16.2. The normalized spacial score (nSPS) is 23.0. The average molecular weight is 391 g/mol. The van der Waals surface area contributed by atoms with Gasteiger partial charge in [0.25, 0.3) is 0 Å². The summed E-state index contributed by atoms with van der Waals surface area (Å²) in [6.45, 7) is 4.27. The van der Waals surface area contributed by atoms with Gasteiger partial charge in [-0.2, -0.15) is 4.31 Å². The van der Waals surface area contributed by atoms with E-state index in [-0.39, 0.29) is 10.3 Å². The van der Waals surface area contributed by atoms with Gasteiger partial charge in [-0.3, -0.25) is 0 Å². The van der Waals surface area contributed by atoms with E-state index >= 15 is 0 Å². The molecule has 2 aromatic heterocycles. The fourth-order valence-electron chi connectivity index (χ4n) is 4.41. The van der Waals surface area contributed by atoms with Crippen LogP contribution in [0.3, 0.4) is 0 Å². The fraction of sp³-hybridized carbons (Fsp3) is 0.611. The third kappa shape index (κ3) is 2.84. The quantitative estimate of drug-likeness (QED) is 0.788. The first-order chi connectivity index (χ1) is 12.7. The number of hydrogen-bond donors (Lipinski definition) is 0. The van der Waals surface area contributed by atoms with Crippen LogP contribution < -0.4 is 4.90 Å². The molecular formula is C18H25N5O3S. The molecule has 1 unspecified atom stereocenters. The summed E-state index contributed by atoms with van der Waals surface area (Å²) in [7, 11) is 0.181. The highest BCUT2D eigenvalue weighted by atomic mass is 32.2. The molecule has 1 spiro atoms. The van der Waals surface area contributed by atoms with Crippen LogP contribution >= 0.6 is 0 Å². The molecule has 1 fully saturated rings. The molecule has 2 aliphatic rings. The number of sulfonamides is 1. The van der Waals surface area contributed by atoms with Gasteiger partial charge in [0.1, 0.15) is 10.6 Å². The van der Waals surface area contributed by atoms with Gasteiger partial charge >= 0.3 is 0 Å². The summed E-state index contributed by atoms with van der Waals surface area (Å²) in [4.78, 5) is 11.3. The maximum absolute atomic E-state index is 13.3. The molecule has 1 saturated heterocycles. The number of piperidine rings is 1. The number of aryl methyl sites for hydroxylation is 3. The highest BCUT2D eigenvalue weighted by Gasteiger charge is 2.47. The number of rotatable bonds is 3. The van der Waals surface area contributed by atoms with Crippen LogP contribution in [-0.4, -0.2) is 55.0 Å². The van der Waals surface area contributed by atoms with Crippen molar-refractivity contribution in [2.24, 2.45) is 0 Å². The molecular weight excluding hydrogens is 366 g/mol. The molecule has 0 N–H and O–H groups in total. The molecule has 0 amide bonds. The molecule has 2 aromatic rings. The van der Waals surface area contributed by atoms with E-state index in [1.807, 2.05) is 25.2 Å². The largest absolute Gasteiger partial charge is 0.360 e. The maximum Gasteiger partial charge on any atom is 0.248 e. The Morgan fingerprint density at radius 3 is 2.70 bits per heavy atom. The van der Waals surface area contributed by atoms with E-state index < -0.39 is 10.0 Å². The number of aromatic nitrogens is 3. The van der Waals surface area contributed by atoms with Crippen LogP contribution in [0, 0.1) is 13.8 Å². The van der Waals surface area contributed by atoms with Gasteiger partial charge in [-0.25, -0.2) is 18.4 Å². The van der Waals surface area contributed by atoms with Crippen LogP contribution in [-0.2, 0) is 21.9 Å². The van der Waals surface area contributed by atoms with Crippen LogP contribution in [0.1, 0.15) is 42.0 Å². The summed E-state index contributed by atoms with van der Waals surface area (Å²) >= 11 is 0. The Labute approximate surface area is 159 Å². The molecule has 1 aliphatic heterocycles. The van der Waals surface area contributed by atoms with Crippen LogP contribution in [0.25, 0.3) is 0 Å². The van der Waals surface area contributed by atoms with Crippen LogP contribution in [0.5, 0.6) is 0 Å². The lowest BCUT2D eigenvalue weighted by Gasteiger charge is -2.39. The Morgan fingerprint density at radius 2 is 2.04 bits per heavy atom. The Balaban J connectivity index is 1.72. The summed E-state index contributed by atoms with van der Waals surface area (Å²) in [6.07, 6.45) is 5.44. The number of anilines is 1. The van der Waals surface area contributed by atoms with E-state index in [0.717, 1.165) is 36.9 Å². The number of nitrogens with zero attached hydrogens (tertiary/aromatic N) is 5. The Morgan fingerprint density at radius 1 is 1.26 bits per heavy atom. The summed E-state index contributed by atoms with van der Waals surface area (Å²) in [5.74, 6) is 1.01. The van der Waals surface area contributed by atoms with Gasteiger partial charge in [0.15, 0.2) is 5.76 Å². The van der Waals surface area contributed by atoms with Crippen LogP contribution in [0.15, 0.2) is 15.6 Å². The molecule has 9 heteroatoms. The van der Waals surface area contributed by atoms with Gasteiger partial charge in [-0.1, -0.05) is 5.16 Å². The predicted octanol–water partition coefficient (Wildman–Crippen LogP) is 1.82. The second-order valence-corrected chi connectivity index (χ2v) is 9.69. The van der Waals surface area contributed by atoms with E-state index in [1.54, 1.807) is 18.2 Å². The highest BCUT2D eigenvalue weighted by molar-refractivity contribution is 7.89. The first kappa shape index (κ1) is 18.4. The second-order valence-electron chi connectivity index (χ2n) is 7.81. The lowest BCUT2D eigenvalue weighted by Crippen LogP contribution is -2.48. The molecule has 1 aliphatic carbocycles. The average Bonchev–Trinajstić information content (AvgIpc) is 3.15. The number of fused-ring (bicyclic) bond motifs is 2. The van der Waals surface area contributed by atoms with E-state index in [9.17, 15) is 8.42 Å². The van der Waals surface area contributed by atoms with E-state index in [0.29, 0.717) is 30.5 Å². The topological polar surface area (TPSA) is 92.4 Å². The standard InChI is InChI=1S/C18H25N5O3S/c1-12-15(13(2)26-21-12)27(24,25)23-9-5-7-18(11-23)8-6-14-10-19-17(22(3)4)20-16(14)18/h10H,5-9,11H2,1-4H3. The zero-order valence-corrected chi connectivity index (χ0v) is 17.0.